The first kappa shape index (κ1) is 19.1. The van der Waals surface area contributed by atoms with Crippen LogP contribution < -0.4 is 10.6 Å². The normalized spacial score (nSPS) is 22.3. The zero-order valence-electron chi connectivity index (χ0n) is 15.2. The molecule has 1 aliphatic rings. The lowest BCUT2D eigenvalue weighted by Gasteiger charge is -2.40. The molecule has 1 fully saturated rings. The van der Waals surface area contributed by atoms with Gasteiger partial charge in [-0.1, -0.05) is 44.5 Å². The first-order valence-electron chi connectivity index (χ1n) is 8.70. The van der Waals surface area contributed by atoms with E-state index in [9.17, 15) is 0 Å². The minimum atomic E-state index is 0.160. The topological polar surface area (TPSA) is 45.7 Å². The predicted molar refractivity (Wildman–Crippen MR) is 102 cm³/mol. The number of hydrogen-bond donors (Lipinski definition) is 2. The number of ether oxygens (including phenoxy) is 1. The van der Waals surface area contributed by atoms with Crippen LogP contribution in [0.1, 0.15) is 39.2 Å². The van der Waals surface area contributed by atoms with Gasteiger partial charge in [0.2, 0.25) is 0 Å². The summed E-state index contributed by atoms with van der Waals surface area (Å²) in [5, 5.41) is 7.57. The number of benzene rings is 1. The maximum absolute atomic E-state index is 6.05. The van der Waals surface area contributed by atoms with E-state index in [4.69, 9.17) is 16.3 Å². The summed E-state index contributed by atoms with van der Waals surface area (Å²) in [5.41, 5.74) is 1.34. The first-order valence-corrected chi connectivity index (χ1v) is 9.08. The molecule has 1 aromatic carbocycles. The summed E-state index contributed by atoms with van der Waals surface area (Å²) in [5.74, 6) is 1.33. The molecule has 0 amide bonds. The SMILES string of the molecule is CN=C(NCc1ccc(Cl)cc1)NCC1CCCOC1C(C)(C)C. The molecule has 2 atom stereocenters. The van der Waals surface area contributed by atoms with Gasteiger partial charge in [0.25, 0.3) is 0 Å². The lowest BCUT2D eigenvalue weighted by molar-refractivity contribution is -0.0835. The van der Waals surface area contributed by atoms with Crippen LogP contribution in [0, 0.1) is 11.3 Å². The van der Waals surface area contributed by atoms with Gasteiger partial charge in [0.1, 0.15) is 0 Å². The molecule has 0 radical (unpaired) electrons. The Morgan fingerprint density at radius 1 is 1.25 bits per heavy atom. The molecule has 1 heterocycles. The Morgan fingerprint density at radius 3 is 2.58 bits per heavy atom. The van der Waals surface area contributed by atoms with E-state index >= 15 is 0 Å². The monoisotopic (exact) mass is 351 g/mol. The molecule has 5 heteroatoms. The fourth-order valence-corrected chi connectivity index (χ4v) is 3.37. The number of rotatable bonds is 4. The van der Waals surface area contributed by atoms with Crippen LogP contribution in [0.15, 0.2) is 29.3 Å². The Morgan fingerprint density at radius 2 is 1.96 bits per heavy atom. The van der Waals surface area contributed by atoms with Crippen molar-refractivity contribution in [2.45, 2.75) is 46.3 Å². The molecule has 1 aliphatic heterocycles. The van der Waals surface area contributed by atoms with E-state index in [1.807, 2.05) is 24.3 Å². The van der Waals surface area contributed by atoms with Crippen molar-refractivity contribution in [3.63, 3.8) is 0 Å². The van der Waals surface area contributed by atoms with Crippen LogP contribution in [0.2, 0.25) is 5.02 Å². The highest BCUT2D eigenvalue weighted by Crippen LogP contribution is 2.33. The molecule has 0 aliphatic carbocycles. The molecule has 0 saturated carbocycles. The van der Waals surface area contributed by atoms with Crippen molar-refractivity contribution < 1.29 is 4.74 Å². The molecule has 1 saturated heterocycles. The van der Waals surface area contributed by atoms with Crippen LogP contribution in [-0.2, 0) is 11.3 Å². The highest BCUT2D eigenvalue weighted by molar-refractivity contribution is 6.30. The van der Waals surface area contributed by atoms with Gasteiger partial charge in [0.15, 0.2) is 5.96 Å². The predicted octanol–water partition coefficient (Wildman–Crippen LogP) is 3.85. The molecule has 134 valence electrons. The third kappa shape index (κ3) is 5.67. The van der Waals surface area contributed by atoms with E-state index in [1.165, 1.54) is 12.0 Å². The van der Waals surface area contributed by atoms with Gasteiger partial charge in [-0.25, -0.2) is 0 Å². The maximum atomic E-state index is 6.05. The van der Waals surface area contributed by atoms with Gasteiger partial charge in [0, 0.05) is 37.7 Å². The van der Waals surface area contributed by atoms with Crippen molar-refractivity contribution in [3.05, 3.63) is 34.9 Å². The van der Waals surface area contributed by atoms with Gasteiger partial charge < -0.3 is 15.4 Å². The molecule has 0 bridgehead atoms. The number of hydrogen-bond acceptors (Lipinski definition) is 2. The molecule has 2 rings (SSSR count). The van der Waals surface area contributed by atoms with Crippen LogP contribution in [-0.4, -0.2) is 32.3 Å². The van der Waals surface area contributed by atoms with Gasteiger partial charge in [-0.05, 0) is 36.0 Å². The molecular weight excluding hydrogens is 322 g/mol. The van der Waals surface area contributed by atoms with Crippen molar-refractivity contribution in [3.8, 4) is 0 Å². The summed E-state index contributed by atoms with van der Waals surface area (Å²) in [7, 11) is 1.80. The highest BCUT2D eigenvalue weighted by Gasteiger charge is 2.35. The molecule has 2 unspecified atom stereocenters. The Labute approximate surface area is 151 Å². The van der Waals surface area contributed by atoms with Crippen molar-refractivity contribution in [2.75, 3.05) is 20.2 Å². The van der Waals surface area contributed by atoms with E-state index in [1.54, 1.807) is 7.05 Å². The molecular formula is C19H30ClN3O. The van der Waals surface area contributed by atoms with Gasteiger partial charge in [-0.3, -0.25) is 4.99 Å². The zero-order valence-corrected chi connectivity index (χ0v) is 16.0. The molecule has 0 spiro atoms. The largest absolute Gasteiger partial charge is 0.377 e. The van der Waals surface area contributed by atoms with Gasteiger partial charge in [-0.15, -0.1) is 0 Å². The van der Waals surface area contributed by atoms with Gasteiger partial charge in [-0.2, -0.15) is 0 Å². The number of halogens is 1. The van der Waals surface area contributed by atoms with Gasteiger partial charge >= 0.3 is 0 Å². The lowest BCUT2D eigenvalue weighted by atomic mass is 9.78. The summed E-state index contributed by atoms with van der Waals surface area (Å²) in [4.78, 5) is 4.32. The standard InChI is InChI=1S/C19H30ClN3O/c1-19(2,3)17-15(6-5-11-24-17)13-23-18(21-4)22-12-14-7-9-16(20)10-8-14/h7-10,15,17H,5-6,11-13H2,1-4H3,(H2,21,22,23). The summed E-state index contributed by atoms with van der Waals surface area (Å²) in [6.45, 7) is 9.24. The highest BCUT2D eigenvalue weighted by atomic mass is 35.5. The van der Waals surface area contributed by atoms with Crippen molar-refractivity contribution >= 4 is 17.6 Å². The second-order valence-electron chi connectivity index (χ2n) is 7.49. The van der Waals surface area contributed by atoms with Crippen LogP contribution in [0.25, 0.3) is 0 Å². The van der Waals surface area contributed by atoms with E-state index in [-0.39, 0.29) is 11.5 Å². The Balaban J connectivity index is 1.85. The zero-order chi connectivity index (χ0) is 17.6. The Kier molecular flexibility index (Phi) is 6.93. The summed E-state index contributed by atoms with van der Waals surface area (Å²) in [6, 6.07) is 7.85. The molecule has 1 aromatic rings. The summed E-state index contributed by atoms with van der Waals surface area (Å²) >= 11 is 5.92. The minimum Gasteiger partial charge on any atom is -0.377 e. The van der Waals surface area contributed by atoms with Crippen molar-refractivity contribution in [1.29, 1.82) is 0 Å². The maximum Gasteiger partial charge on any atom is 0.191 e. The van der Waals surface area contributed by atoms with E-state index in [0.29, 0.717) is 5.92 Å². The third-order valence-corrected chi connectivity index (χ3v) is 4.68. The second kappa shape index (κ2) is 8.72. The van der Waals surface area contributed by atoms with Crippen molar-refractivity contribution in [1.82, 2.24) is 10.6 Å². The Bertz CT molecular complexity index is 537. The fourth-order valence-electron chi connectivity index (χ4n) is 3.25. The number of aliphatic imine (C=N–C) groups is 1. The number of guanidine groups is 1. The average molecular weight is 352 g/mol. The van der Waals surface area contributed by atoms with Crippen LogP contribution in [0.3, 0.4) is 0 Å². The average Bonchev–Trinajstić information content (AvgIpc) is 2.56. The molecule has 24 heavy (non-hydrogen) atoms. The quantitative estimate of drug-likeness (QED) is 0.639. The lowest BCUT2D eigenvalue weighted by Crippen LogP contribution is -2.47. The van der Waals surface area contributed by atoms with Crippen LogP contribution >= 0.6 is 11.6 Å². The van der Waals surface area contributed by atoms with Crippen LogP contribution in [0.4, 0.5) is 0 Å². The van der Waals surface area contributed by atoms with E-state index < -0.39 is 0 Å². The minimum absolute atomic E-state index is 0.160. The second-order valence-corrected chi connectivity index (χ2v) is 7.93. The van der Waals surface area contributed by atoms with Gasteiger partial charge in [0.05, 0.1) is 6.10 Å². The van der Waals surface area contributed by atoms with Crippen LogP contribution in [0.5, 0.6) is 0 Å². The molecule has 0 aromatic heterocycles. The Hall–Kier alpha value is -1.26. The molecule has 2 N–H and O–H groups in total. The smallest absolute Gasteiger partial charge is 0.191 e. The first-order chi connectivity index (χ1) is 11.4. The van der Waals surface area contributed by atoms with Crippen molar-refractivity contribution in [2.24, 2.45) is 16.3 Å². The molecule has 4 nitrogen and oxygen atoms in total. The number of nitrogens with zero attached hydrogens (tertiary/aromatic N) is 1. The number of nitrogens with one attached hydrogen (secondary N) is 2. The summed E-state index contributed by atoms with van der Waals surface area (Å²) < 4.78 is 6.05. The summed E-state index contributed by atoms with van der Waals surface area (Å²) in [6.07, 6.45) is 2.62. The fraction of sp³-hybridized carbons (Fsp3) is 0.632. The van der Waals surface area contributed by atoms with E-state index in [2.05, 4.69) is 36.4 Å². The van der Waals surface area contributed by atoms with E-state index in [0.717, 1.165) is 37.1 Å². The third-order valence-electron chi connectivity index (χ3n) is 4.43.